The van der Waals surface area contributed by atoms with E-state index < -0.39 is 10.0 Å². The molecule has 0 saturated carbocycles. The van der Waals surface area contributed by atoms with Gasteiger partial charge < -0.3 is 20.1 Å². The Labute approximate surface area is 176 Å². The number of sulfonamides is 1. The molecular weight excluding hydrogens is 406 g/mol. The number of carbonyl (C=O) groups excluding carboxylic acids is 1. The van der Waals surface area contributed by atoms with Crippen LogP contribution in [0, 0.1) is 0 Å². The Morgan fingerprint density at radius 2 is 1.70 bits per heavy atom. The van der Waals surface area contributed by atoms with Gasteiger partial charge in [-0.1, -0.05) is 6.07 Å². The maximum Gasteiger partial charge on any atom is 0.243 e. The Morgan fingerprint density at radius 3 is 2.50 bits per heavy atom. The SMILES string of the molecule is O=C(CNc1cccc(S(=O)(=O)N2CCCC2)c1)Nc1ccc2c(c1)OCCCO2. The second-order valence-corrected chi connectivity index (χ2v) is 9.19. The van der Waals surface area contributed by atoms with Crippen LogP contribution >= 0.6 is 0 Å². The molecule has 160 valence electrons. The molecule has 0 unspecified atom stereocenters. The van der Waals surface area contributed by atoms with Crippen molar-refractivity contribution in [2.75, 3.05) is 43.5 Å². The van der Waals surface area contributed by atoms with E-state index in [9.17, 15) is 13.2 Å². The average Bonchev–Trinajstić information content (AvgIpc) is 3.20. The molecule has 1 fully saturated rings. The molecule has 4 rings (SSSR count). The van der Waals surface area contributed by atoms with Gasteiger partial charge in [-0.15, -0.1) is 0 Å². The summed E-state index contributed by atoms with van der Waals surface area (Å²) >= 11 is 0. The molecule has 1 saturated heterocycles. The fraction of sp³-hybridized carbons (Fsp3) is 0.381. The highest BCUT2D eigenvalue weighted by Gasteiger charge is 2.27. The minimum atomic E-state index is -3.49. The maximum atomic E-state index is 12.7. The largest absolute Gasteiger partial charge is 0.490 e. The summed E-state index contributed by atoms with van der Waals surface area (Å²) in [6, 6.07) is 11.8. The molecular formula is C21H25N3O5S. The second kappa shape index (κ2) is 8.93. The standard InChI is InChI=1S/C21H25N3O5S/c25-21(23-17-7-8-19-20(14-17)29-12-4-11-28-19)15-22-16-5-3-6-18(13-16)30(26,27)24-9-1-2-10-24/h3,5-8,13-14,22H,1-2,4,9-12,15H2,(H,23,25). The molecule has 0 bridgehead atoms. The number of nitrogens with one attached hydrogen (secondary N) is 2. The lowest BCUT2D eigenvalue weighted by Gasteiger charge is -2.16. The molecule has 1 amide bonds. The van der Waals surface area contributed by atoms with Crippen molar-refractivity contribution in [3.63, 3.8) is 0 Å². The van der Waals surface area contributed by atoms with Crippen molar-refractivity contribution in [1.82, 2.24) is 4.31 Å². The van der Waals surface area contributed by atoms with Crippen LogP contribution in [0.1, 0.15) is 19.3 Å². The van der Waals surface area contributed by atoms with E-state index in [0.717, 1.165) is 19.3 Å². The van der Waals surface area contributed by atoms with Crippen molar-refractivity contribution < 1.29 is 22.7 Å². The smallest absolute Gasteiger partial charge is 0.243 e. The summed E-state index contributed by atoms with van der Waals surface area (Å²) in [6.45, 7) is 2.29. The van der Waals surface area contributed by atoms with Gasteiger partial charge in [-0.2, -0.15) is 4.31 Å². The third-order valence-corrected chi connectivity index (χ3v) is 6.92. The summed E-state index contributed by atoms with van der Waals surface area (Å²) in [5, 5.41) is 5.80. The number of benzene rings is 2. The predicted molar refractivity (Wildman–Crippen MR) is 114 cm³/mol. The van der Waals surface area contributed by atoms with Gasteiger partial charge in [0, 0.05) is 37.0 Å². The molecule has 8 nitrogen and oxygen atoms in total. The van der Waals surface area contributed by atoms with E-state index in [2.05, 4.69) is 10.6 Å². The van der Waals surface area contributed by atoms with Crippen molar-refractivity contribution in [1.29, 1.82) is 0 Å². The first-order valence-electron chi connectivity index (χ1n) is 10.1. The number of ether oxygens (including phenoxy) is 2. The predicted octanol–water partition coefficient (Wildman–Crippen LogP) is 2.68. The maximum absolute atomic E-state index is 12.7. The highest BCUT2D eigenvalue weighted by atomic mass is 32.2. The van der Waals surface area contributed by atoms with Crippen LogP contribution in [-0.2, 0) is 14.8 Å². The molecule has 2 N–H and O–H groups in total. The summed E-state index contributed by atoms with van der Waals surface area (Å²) in [6.07, 6.45) is 2.58. The first-order valence-corrected chi connectivity index (χ1v) is 11.5. The van der Waals surface area contributed by atoms with Gasteiger partial charge in [0.05, 0.1) is 24.7 Å². The second-order valence-electron chi connectivity index (χ2n) is 7.25. The van der Waals surface area contributed by atoms with E-state index in [-0.39, 0.29) is 17.3 Å². The Kier molecular flexibility index (Phi) is 6.10. The lowest BCUT2D eigenvalue weighted by molar-refractivity contribution is -0.114. The quantitative estimate of drug-likeness (QED) is 0.730. The van der Waals surface area contributed by atoms with Crippen molar-refractivity contribution in [3.05, 3.63) is 42.5 Å². The van der Waals surface area contributed by atoms with Gasteiger partial charge in [-0.05, 0) is 43.2 Å². The number of fused-ring (bicyclic) bond motifs is 1. The van der Waals surface area contributed by atoms with Gasteiger partial charge in [0.15, 0.2) is 11.5 Å². The van der Waals surface area contributed by atoms with E-state index in [1.165, 1.54) is 4.31 Å². The number of rotatable bonds is 6. The Morgan fingerprint density at radius 1 is 0.933 bits per heavy atom. The normalized spacial score (nSPS) is 16.7. The molecule has 0 aromatic heterocycles. The third-order valence-electron chi connectivity index (χ3n) is 5.02. The zero-order valence-electron chi connectivity index (χ0n) is 16.6. The molecule has 0 radical (unpaired) electrons. The van der Waals surface area contributed by atoms with E-state index in [0.29, 0.717) is 49.2 Å². The van der Waals surface area contributed by atoms with Crippen LogP contribution in [0.15, 0.2) is 47.4 Å². The van der Waals surface area contributed by atoms with Crippen LogP contribution in [-0.4, -0.2) is 51.5 Å². The first kappa shape index (κ1) is 20.5. The summed E-state index contributed by atoms with van der Waals surface area (Å²) in [5.41, 5.74) is 1.18. The summed E-state index contributed by atoms with van der Waals surface area (Å²) < 4.78 is 38.1. The molecule has 2 aromatic carbocycles. The van der Waals surface area contributed by atoms with E-state index in [4.69, 9.17) is 9.47 Å². The summed E-state index contributed by atoms with van der Waals surface area (Å²) in [5.74, 6) is 1.02. The third kappa shape index (κ3) is 4.68. The van der Waals surface area contributed by atoms with E-state index >= 15 is 0 Å². The molecule has 2 heterocycles. The molecule has 30 heavy (non-hydrogen) atoms. The highest BCUT2D eigenvalue weighted by Crippen LogP contribution is 2.32. The van der Waals surface area contributed by atoms with Gasteiger partial charge >= 0.3 is 0 Å². The van der Waals surface area contributed by atoms with Crippen LogP contribution < -0.4 is 20.1 Å². The minimum Gasteiger partial charge on any atom is -0.490 e. The zero-order valence-corrected chi connectivity index (χ0v) is 17.4. The number of amides is 1. The van der Waals surface area contributed by atoms with Crippen LogP contribution in [0.25, 0.3) is 0 Å². The fourth-order valence-electron chi connectivity index (χ4n) is 3.47. The first-order chi connectivity index (χ1) is 14.5. The van der Waals surface area contributed by atoms with Crippen LogP contribution in [0.4, 0.5) is 11.4 Å². The number of hydrogen-bond donors (Lipinski definition) is 2. The van der Waals surface area contributed by atoms with Gasteiger partial charge in [0.25, 0.3) is 0 Å². The molecule has 2 aromatic rings. The van der Waals surface area contributed by atoms with Crippen molar-refractivity contribution >= 4 is 27.3 Å². The number of hydrogen-bond acceptors (Lipinski definition) is 6. The Balaban J connectivity index is 1.37. The fourth-order valence-corrected chi connectivity index (χ4v) is 5.04. The molecule has 2 aliphatic rings. The Bertz CT molecular complexity index is 1020. The summed E-state index contributed by atoms with van der Waals surface area (Å²) in [4.78, 5) is 12.6. The van der Waals surface area contributed by atoms with E-state index in [1.54, 1.807) is 42.5 Å². The Hall–Kier alpha value is -2.78. The average molecular weight is 432 g/mol. The van der Waals surface area contributed by atoms with Crippen LogP contribution in [0.5, 0.6) is 11.5 Å². The molecule has 9 heteroatoms. The molecule has 0 atom stereocenters. The lowest BCUT2D eigenvalue weighted by atomic mass is 10.2. The number of carbonyl (C=O) groups is 1. The van der Waals surface area contributed by atoms with Gasteiger partial charge in [-0.25, -0.2) is 8.42 Å². The molecule has 2 aliphatic heterocycles. The monoisotopic (exact) mass is 431 g/mol. The molecule has 0 spiro atoms. The molecule has 0 aliphatic carbocycles. The van der Waals surface area contributed by atoms with Crippen LogP contribution in [0.2, 0.25) is 0 Å². The lowest BCUT2D eigenvalue weighted by Crippen LogP contribution is -2.28. The number of anilines is 2. The van der Waals surface area contributed by atoms with E-state index in [1.807, 2.05) is 0 Å². The minimum absolute atomic E-state index is 0.00164. The zero-order chi connectivity index (χ0) is 21.0. The topological polar surface area (TPSA) is 97.0 Å². The van der Waals surface area contributed by atoms with Crippen LogP contribution in [0.3, 0.4) is 0 Å². The summed E-state index contributed by atoms with van der Waals surface area (Å²) in [7, 11) is -3.49. The van der Waals surface area contributed by atoms with Gasteiger partial charge in [0.1, 0.15) is 0 Å². The highest BCUT2D eigenvalue weighted by molar-refractivity contribution is 7.89. The van der Waals surface area contributed by atoms with Crippen molar-refractivity contribution in [2.24, 2.45) is 0 Å². The van der Waals surface area contributed by atoms with Crippen molar-refractivity contribution in [3.8, 4) is 11.5 Å². The number of nitrogens with zero attached hydrogens (tertiary/aromatic N) is 1. The van der Waals surface area contributed by atoms with Gasteiger partial charge in [-0.3, -0.25) is 4.79 Å². The van der Waals surface area contributed by atoms with Crippen molar-refractivity contribution in [2.45, 2.75) is 24.2 Å². The van der Waals surface area contributed by atoms with Gasteiger partial charge in [0.2, 0.25) is 15.9 Å².